The smallest absolute Gasteiger partial charge is 0.234 e. The fraction of sp³-hybridized carbons (Fsp3) is 0.680. The summed E-state index contributed by atoms with van der Waals surface area (Å²) in [5.74, 6) is 1.59. The van der Waals surface area contributed by atoms with Gasteiger partial charge in [-0.05, 0) is 62.4 Å². The molecule has 2 aliphatic rings. The van der Waals surface area contributed by atoms with Crippen molar-refractivity contribution in [2.45, 2.75) is 57.0 Å². The monoisotopic (exact) mass is 495 g/mol. The lowest BCUT2D eigenvalue weighted by Gasteiger charge is -2.44. The number of fused-ring (bicyclic) bond motifs is 2. The van der Waals surface area contributed by atoms with Crippen molar-refractivity contribution < 1.29 is 14.0 Å². The van der Waals surface area contributed by atoms with Gasteiger partial charge in [-0.15, -0.1) is 0 Å². The summed E-state index contributed by atoms with van der Waals surface area (Å²) in [6.45, 7) is 5.44. The number of rotatable bonds is 13. The molecule has 1 amide bonds. The number of Topliss-reactive ketones (excluding diaryl/α,β-unsaturated/α-hetero) is 1. The second-order valence-electron chi connectivity index (χ2n) is 9.20. The number of hydrogen-bond acceptors (Lipinski definition) is 6. The molecule has 2 saturated heterocycles. The molecule has 2 heterocycles. The summed E-state index contributed by atoms with van der Waals surface area (Å²) in [4.78, 5) is 29.9. The molecule has 0 spiro atoms. The van der Waals surface area contributed by atoms with E-state index >= 15 is 0 Å². The van der Waals surface area contributed by atoms with Gasteiger partial charge >= 0.3 is 0 Å². The Kier molecular flexibility index (Phi) is 10.5. The van der Waals surface area contributed by atoms with Crippen LogP contribution < -0.4 is 5.32 Å². The third-order valence-corrected chi connectivity index (χ3v) is 7.61. The number of amides is 1. The lowest BCUT2D eigenvalue weighted by atomic mass is 9.73. The van der Waals surface area contributed by atoms with Crippen LogP contribution in [0.5, 0.6) is 0 Å². The van der Waals surface area contributed by atoms with E-state index in [2.05, 4.69) is 40.4 Å². The average Bonchev–Trinajstić information content (AvgIpc) is 3.08. The molecule has 184 valence electrons. The molecule has 5 nitrogen and oxygen atoms in total. The van der Waals surface area contributed by atoms with Gasteiger partial charge < -0.3 is 5.32 Å². The van der Waals surface area contributed by atoms with E-state index in [1.54, 1.807) is 0 Å². The van der Waals surface area contributed by atoms with Gasteiger partial charge in [0.05, 0.1) is 6.54 Å². The van der Waals surface area contributed by atoms with Crippen LogP contribution in [0.4, 0.5) is 4.39 Å². The lowest BCUT2D eigenvalue weighted by Crippen LogP contribution is -2.51. The topological polar surface area (TPSA) is 52.7 Å². The van der Waals surface area contributed by atoms with Gasteiger partial charge in [-0.1, -0.05) is 19.1 Å². The molecule has 0 aromatic heterocycles. The first-order valence-electron chi connectivity index (χ1n) is 12.2. The van der Waals surface area contributed by atoms with Crippen molar-refractivity contribution in [3.8, 4) is 0 Å². The maximum absolute atomic E-state index is 13.5. The van der Waals surface area contributed by atoms with Crippen LogP contribution in [0.3, 0.4) is 0 Å². The van der Waals surface area contributed by atoms with Gasteiger partial charge in [-0.2, -0.15) is 25.3 Å². The van der Waals surface area contributed by atoms with Crippen LogP contribution >= 0.6 is 25.3 Å². The van der Waals surface area contributed by atoms with Gasteiger partial charge in [0.25, 0.3) is 0 Å². The van der Waals surface area contributed by atoms with Crippen LogP contribution in [0.2, 0.25) is 0 Å². The number of hydrogen-bond donors (Lipinski definition) is 3. The van der Waals surface area contributed by atoms with Crippen molar-refractivity contribution in [2.24, 2.45) is 5.92 Å². The minimum absolute atomic E-state index is 0.0274. The second kappa shape index (κ2) is 13.1. The first kappa shape index (κ1) is 26.5. The maximum Gasteiger partial charge on any atom is 0.234 e. The molecule has 1 aromatic carbocycles. The SMILES string of the molecule is CCC(=O)C1C2CCC(C[C@H]1c1ccc(F)cc1)N2CCCN(CCS)CC(=O)NCCS. The predicted molar refractivity (Wildman–Crippen MR) is 138 cm³/mol. The molecule has 3 unspecified atom stereocenters. The van der Waals surface area contributed by atoms with Gasteiger partial charge in [0.1, 0.15) is 11.6 Å². The van der Waals surface area contributed by atoms with Crippen LogP contribution in [-0.4, -0.2) is 77.8 Å². The third kappa shape index (κ3) is 6.96. The number of nitrogens with one attached hydrogen (secondary N) is 1. The highest BCUT2D eigenvalue weighted by molar-refractivity contribution is 7.80. The van der Waals surface area contributed by atoms with Crippen LogP contribution in [0, 0.1) is 11.7 Å². The number of carbonyl (C=O) groups is 2. The Morgan fingerprint density at radius 3 is 2.58 bits per heavy atom. The van der Waals surface area contributed by atoms with Crippen molar-refractivity contribution >= 4 is 36.9 Å². The van der Waals surface area contributed by atoms with E-state index in [9.17, 15) is 14.0 Å². The Labute approximate surface area is 208 Å². The van der Waals surface area contributed by atoms with Gasteiger partial charge in [0, 0.05) is 49.0 Å². The largest absolute Gasteiger partial charge is 0.354 e. The molecular weight excluding hydrogens is 457 g/mol. The van der Waals surface area contributed by atoms with E-state index < -0.39 is 0 Å². The maximum atomic E-state index is 13.5. The van der Waals surface area contributed by atoms with E-state index in [1.807, 2.05) is 19.1 Å². The molecule has 2 fully saturated rings. The molecule has 2 bridgehead atoms. The van der Waals surface area contributed by atoms with Gasteiger partial charge in [-0.3, -0.25) is 19.4 Å². The zero-order valence-corrected chi connectivity index (χ0v) is 21.4. The summed E-state index contributed by atoms with van der Waals surface area (Å²) < 4.78 is 13.5. The molecule has 2 aliphatic heterocycles. The highest BCUT2D eigenvalue weighted by atomic mass is 32.1. The Morgan fingerprint density at radius 2 is 1.91 bits per heavy atom. The number of carbonyl (C=O) groups excluding carboxylic acids is 2. The van der Waals surface area contributed by atoms with E-state index in [-0.39, 0.29) is 29.6 Å². The summed E-state index contributed by atoms with van der Waals surface area (Å²) in [5, 5.41) is 2.88. The first-order valence-corrected chi connectivity index (χ1v) is 13.5. The summed E-state index contributed by atoms with van der Waals surface area (Å²) in [6.07, 6.45) is 4.60. The molecule has 0 radical (unpaired) electrons. The molecule has 1 N–H and O–H groups in total. The van der Waals surface area contributed by atoms with Crippen LogP contribution in [-0.2, 0) is 9.59 Å². The summed E-state index contributed by atoms with van der Waals surface area (Å²) in [5.41, 5.74) is 1.09. The third-order valence-electron chi connectivity index (χ3n) is 7.19. The summed E-state index contributed by atoms with van der Waals surface area (Å²) >= 11 is 8.49. The van der Waals surface area contributed by atoms with Crippen LogP contribution in [0.25, 0.3) is 0 Å². The first-order chi connectivity index (χ1) is 16.0. The minimum atomic E-state index is -0.234. The van der Waals surface area contributed by atoms with E-state index in [1.165, 1.54) is 12.1 Å². The highest BCUT2D eigenvalue weighted by Gasteiger charge is 2.49. The van der Waals surface area contributed by atoms with Crippen molar-refractivity contribution in [2.75, 3.05) is 44.2 Å². The Bertz CT molecular complexity index is 779. The average molecular weight is 496 g/mol. The van der Waals surface area contributed by atoms with Crippen molar-refractivity contribution in [3.63, 3.8) is 0 Å². The van der Waals surface area contributed by atoms with Crippen molar-refractivity contribution in [1.82, 2.24) is 15.1 Å². The Morgan fingerprint density at radius 1 is 1.15 bits per heavy atom. The van der Waals surface area contributed by atoms with E-state index in [0.29, 0.717) is 42.8 Å². The fourth-order valence-corrected chi connectivity index (χ4v) is 6.13. The van der Waals surface area contributed by atoms with E-state index in [4.69, 9.17) is 0 Å². The molecule has 0 aliphatic carbocycles. The Hall–Kier alpha value is -1.09. The lowest BCUT2D eigenvalue weighted by molar-refractivity contribution is -0.127. The number of thiol groups is 2. The van der Waals surface area contributed by atoms with Crippen molar-refractivity contribution in [1.29, 1.82) is 0 Å². The van der Waals surface area contributed by atoms with Crippen LogP contribution in [0.15, 0.2) is 24.3 Å². The second-order valence-corrected chi connectivity index (χ2v) is 10.1. The Balaban J connectivity index is 1.63. The molecular formula is C25H38FN3O2S2. The number of benzene rings is 1. The minimum Gasteiger partial charge on any atom is -0.354 e. The molecule has 1 aromatic rings. The normalized spacial score (nSPS) is 24.9. The fourth-order valence-electron chi connectivity index (χ4n) is 5.73. The molecule has 0 saturated carbocycles. The zero-order valence-electron chi connectivity index (χ0n) is 19.6. The number of piperidine rings is 1. The number of halogens is 1. The van der Waals surface area contributed by atoms with Crippen molar-refractivity contribution in [3.05, 3.63) is 35.6 Å². The quantitative estimate of drug-likeness (QED) is 0.367. The number of ketones is 1. The standard InChI is InChI=1S/C25H38FN3O2S2/c1-2-23(30)25-21(18-4-6-19(26)7-5-18)16-20-8-9-22(25)29(20)12-3-11-28(13-15-33)17-24(31)27-10-14-32/h4-7,20-22,25,32-33H,2-3,8-17H2,1H3,(H,27,31)/t20?,21-,22?,25?/m0/s1. The van der Waals surface area contributed by atoms with Gasteiger partial charge in [-0.25, -0.2) is 4.39 Å². The molecule has 3 rings (SSSR count). The highest BCUT2D eigenvalue weighted by Crippen LogP contribution is 2.47. The van der Waals surface area contributed by atoms with Gasteiger partial charge in [0.15, 0.2) is 0 Å². The molecule has 8 heteroatoms. The summed E-state index contributed by atoms with van der Waals surface area (Å²) in [6, 6.07) is 7.46. The van der Waals surface area contributed by atoms with Gasteiger partial charge in [0.2, 0.25) is 5.91 Å². The predicted octanol–water partition coefficient (Wildman–Crippen LogP) is 3.41. The zero-order chi connectivity index (χ0) is 23.8. The summed E-state index contributed by atoms with van der Waals surface area (Å²) in [7, 11) is 0. The molecule has 33 heavy (non-hydrogen) atoms. The molecule has 4 atom stereocenters. The number of nitrogens with zero attached hydrogens (tertiary/aromatic N) is 2. The van der Waals surface area contributed by atoms with Crippen LogP contribution in [0.1, 0.15) is 50.5 Å². The van der Waals surface area contributed by atoms with E-state index in [0.717, 1.165) is 50.9 Å².